The fourth-order valence-corrected chi connectivity index (χ4v) is 3.70. The van der Waals surface area contributed by atoms with Gasteiger partial charge in [-0.05, 0) is 23.1 Å². The molecule has 0 aliphatic rings. The highest BCUT2D eigenvalue weighted by Gasteiger charge is 2.11. The predicted octanol–water partition coefficient (Wildman–Crippen LogP) is 2.44. The third-order valence-corrected chi connectivity index (χ3v) is 5.52. The highest BCUT2D eigenvalue weighted by molar-refractivity contribution is 7.10. The molecule has 4 rings (SSSR count). The predicted molar refractivity (Wildman–Crippen MR) is 120 cm³/mol. The number of benzene rings is 1. The van der Waals surface area contributed by atoms with E-state index in [1.807, 2.05) is 17.5 Å². The number of nitrogens with zero attached hydrogens (tertiary/aromatic N) is 5. The summed E-state index contributed by atoms with van der Waals surface area (Å²) in [6.45, 7) is 0.927. The summed E-state index contributed by atoms with van der Waals surface area (Å²) in [5.41, 5.74) is 0.899. The molecular formula is C21H18N6O4S. The first-order valence-electron chi connectivity index (χ1n) is 9.65. The van der Waals surface area contributed by atoms with Gasteiger partial charge in [-0.2, -0.15) is 5.10 Å². The lowest BCUT2D eigenvalue weighted by atomic mass is 10.2. The number of hydrogen-bond donors (Lipinski definition) is 1. The molecular weight excluding hydrogens is 432 g/mol. The second-order valence-corrected chi connectivity index (χ2v) is 7.83. The third kappa shape index (κ3) is 4.78. The zero-order valence-electron chi connectivity index (χ0n) is 16.7. The van der Waals surface area contributed by atoms with Crippen LogP contribution in [0.3, 0.4) is 0 Å². The van der Waals surface area contributed by atoms with E-state index in [1.165, 1.54) is 35.3 Å². The molecule has 4 aromatic rings. The maximum atomic E-state index is 12.8. The number of carbonyl (C=O) groups excluding carboxylic acids is 1. The van der Waals surface area contributed by atoms with Crippen LogP contribution in [-0.2, 0) is 17.9 Å². The van der Waals surface area contributed by atoms with E-state index in [1.54, 1.807) is 34.2 Å². The largest absolute Gasteiger partial charge is 0.351 e. The molecule has 0 aliphatic carbocycles. The molecule has 32 heavy (non-hydrogen) atoms. The number of amides is 1. The number of carbonyl (C=O) groups is 1. The summed E-state index contributed by atoms with van der Waals surface area (Å²) >= 11 is 1.54. The van der Waals surface area contributed by atoms with Gasteiger partial charge in [0.05, 0.1) is 24.2 Å². The number of non-ortho nitro benzene ring substituents is 1. The zero-order chi connectivity index (χ0) is 22.5. The number of rotatable bonds is 8. The second-order valence-electron chi connectivity index (χ2n) is 6.85. The van der Waals surface area contributed by atoms with Gasteiger partial charge in [0.2, 0.25) is 5.91 Å². The van der Waals surface area contributed by atoms with Gasteiger partial charge in [0.25, 0.3) is 11.2 Å². The summed E-state index contributed by atoms with van der Waals surface area (Å²) in [4.78, 5) is 40.4. The molecule has 0 unspecified atom stereocenters. The van der Waals surface area contributed by atoms with Crippen LogP contribution in [0.15, 0.2) is 65.2 Å². The molecule has 1 amide bonds. The molecule has 0 spiro atoms. The maximum Gasteiger partial charge on any atom is 0.269 e. The quantitative estimate of drug-likeness (QED) is 0.250. The number of hydrogen-bond acceptors (Lipinski definition) is 7. The van der Waals surface area contributed by atoms with E-state index >= 15 is 0 Å². The van der Waals surface area contributed by atoms with Crippen molar-refractivity contribution in [3.8, 4) is 0 Å². The first kappa shape index (κ1) is 21.1. The van der Waals surface area contributed by atoms with Gasteiger partial charge in [0.15, 0.2) is 5.65 Å². The van der Waals surface area contributed by atoms with E-state index in [9.17, 15) is 19.7 Å². The molecule has 0 aliphatic heterocycles. The minimum Gasteiger partial charge on any atom is -0.351 e. The molecule has 162 valence electrons. The smallest absolute Gasteiger partial charge is 0.269 e. The third-order valence-electron chi connectivity index (χ3n) is 4.69. The molecule has 3 aromatic heterocycles. The zero-order valence-corrected chi connectivity index (χ0v) is 17.6. The maximum absolute atomic E-state index is 12.8. The topological polar surface area (TPSA) is 125 Å². The molecule has 0 saturated heterocycles. The Morgan fingerprint density at radius 1 is 1.25 bits per heavy atom. The number of nitro benzene ring substituents is 1. The van der Waals surface area contributed by atoms with Crippen molar-refractivity contribution < 1.29 is 9.72 Å². The number of fused-ring (bicyclic) bond motifs is 1. The first-order chi connectivity index (χ1) is 15.5. The van der Waals surface area contributed by atoms with Gasteiger partial charge >= 0.3 is 0 Å². The van der Waals surface area contributed by atoms with Crippen molar-refractivity contribution in [3.63, 3.8) is 0 Å². The van der Waals surface area contributed by atoms with Crippen LogP contribution in [0.5, 0.6) is 0 Å². The van der Waals surface area contributed by atoms with Gasteiger partial charge in [0.1, 0.15) is 11.7 Å². The number of nitro groups is 1. The van der Waals surface area contributed by atoms with Gasteiger partial charge in [0, 0.05) is 29.6 Å². The monoisotopic (exact) mass is 450 g/mol. The van der Waals surface area contributed by atoms with Crippen LogP contribution in [0.25, 0.3) is 17.1 Å². The minimum absolute atomic E-state index is 0.00921. The summed E-state index contributed by atoms with van der Waals surface area (Å²) < 4.78 is 2.99. The lowest BCUT2D eigenvalue weighted by molar-refractivity contribution is -0.384. The van der Waals surface area contributed by atoms with Crippen LogP contribution in [-0.4, -0.2) is 36.7 Å². The Bertz CT molecular complexity index is 1340. The lowest BCUT2D eigenvalue weighted by Crippen LogP contribution is -2.26. The number of thiophene rings is 1. The number of nitrogens with one attached hydrogen (secondary N) is 1. The second kappa shape index (κ2) is 9.35. The Kier molecular flexibility index (Phi) is 6.17. The van der Waals surface area contributed by atoms with E-state index in [0.29, 0.717) is 24.1 Å². The van der Waals surface area contributed by atoms with Crippen LogP contribution < -0.4 is 10.9 Å². The Morgan fingerprint density at radius 3 is 2.78 bits per heavy atom. The van der Waals surface area contributed by atoms with Crippen LogP contribution >= 0.6 is 11.3 Å². The van der Waals surface area contributed by atoms with Gasteiger partial charge in [-0.3, -0.25) is 24.3 Å². The molecule has 1 N–H and O–H groups in total. The van der Waals surface area contributed by atoms with Crippen molar-refractivity contribution >= 4 is 40.0 Å². The fraction of sp³-hybridized carbons (Fsp3) is 0.143. The Morgan fingerprint density at radius 2 is 2.06 bits per heavy atom. The van der Waals surface area contributed by atoms with E-state index in [2.05, 4.69) is 15.4 Å². The van der Waals surface area contributed by atoms with E-state index in [-0.39, 0.29) is 23.7 Å². The van der Waals surface area contributed by atoms with Gasteiger partial charge in [-0.25, -0.2) is 9.67 Å². The SMILES string of the molecule is O=C(/C=C/c1cccs1)NCCn1ncc2c(=O)n(Cc3ccc([N+](=O)[O-])cc3)cnc21. The average molecular weight is 450 g/mol. The van der Waals surface area contributed by atoms with Gasteiger partial charge in [-0.1, -0.05) is 18.2 Å². The van der Waals surface area contributed by atoms with Gasteiger partial charge < -0.3 is 5.32 Å². The normalized spacial score (nSPS) is 11.2. The van der Waals surface area contributed by atoms with Crippen molar-refractivity contribution in [1.82, 2.24) is 24.6 Å². The van der Waals surface area contributed by atoms with Crippen LogP contribution in [0.4, 0.5) is 5.69 Å². The molecule has 11 heteroatoms. The molecule has 3 heterocycles. The summed E-state index contributed by atoms with van der Waals surface area (Å²) in [5.74, 6) is -0.215. The molecule has 0 bridgehead atoms. The average Bonchev–Trinajstić information content (AvgIpc) is 3.45. The molecule has 1 aromatic carbocycles. The molecule has 10 nitrogen and oxygen atoms in total. The van der Waals surface area contributed by atoms with Crippen LogP contribution in [0, 0.1) is 10.1 Å². The standard InChI is InChI=1S/C21H18N6O4S/c28-19(8-7-17-2-1-11-32-17)22-9-10-26-20-18(12-24-26)21(29)25(14-23-20)13-15-3-5-16(6-4-15)27(30)31/h1-8,11-12,14H,9-10,13H2,(H,22,28)/b8-7+. The van der Waals surface area contributed by atoms with E-state index in [0.717, 1.165) is 10.4 Å². The van der Waals surface area contributed by atoms with Crippen molar-refractivity contribution in [3.05, 3.63) is 91.3 Å². The summed E-state index contributed by atoms with van der Waals surface area (Å²) in [6, 6.07) is 9.84. The lowest BCUT2D eigenvalue weighted by Gasteiger charge is -2.07. The Hall–Kier alpha value is -4.12. The van der Waals surface area contributed by atoms with Crippen molar-refractivity contribution in [1.29, 1.82) is 0 Å². The molecule has 0 saturated carbocycles. The Balaban J connectivity index is 1.40. The van der Waals surface area contributed by atoms with E-state index in [4.69, 9.17) is 0 Å². The molecule has 0 radical (unpaired) electrons. The highest BCUT2D eigenvalue weighted by Crippen LogP contribution is 2.13. The molecule has 0 atom stereocenters. The van der Waals surface area contributed by atoms with Crippen LogP contribution in [0.1, 0.15) is 10.4 Å². The summed E-state index contributed by atoms with van der Waals surface area (Å²) in [7, 11) is 0. The number of aromatic nitrogens is 4. The van der Waals surface area contributed by atoms with Gasteiger partial charge in [-0.15, -0.1) is 11.3 Å². The summed E-state index contributed by atoms with van der Waals surface area (Å²) in [6.07, 6.45) is 6.10. The fourth-order valence-electron chi connectivity index (χ4n) is 3.08. The minimum atomic E-state index is -0.472. The molecule has 0 fully saturated rings. The Labute approximate surface area is 185 Å². The van der Waals surface area contributed by atoms with Crippen molar-refractivity contribution in [2.24, 2.45) is 0 Å². The van der Waals surface area contributed by atoms with Crippen LogP contribution in [0.2, 0.25) is 0 Å². The van der Waals surface area contributed by atoms with Crippen molar-refractivity contribution in [2.45, 2.75) is 13.1 Å². The van der Waals surface area contributed by atoms with E-state index < -0.39 is 4.92 Å². The highest BCUT2D eigenvalue weighted by atomic mass is 32.1. The van der Waals surface area contributed by atoms with Crippen molar-refractivity contribution in [2.75, 3.05) is 6.54 Å². The summed E-state index contributed by atoms with van der Waals surface area (Å²) in [5, 5.41) is 20.1. The first-order valence-corrected chi connectivity index (χ1v) is 10.5.